The van der Waals surface area contributed by atoms with Gasteiger partial charge >= 0.3 is 6.18 Å². The van der Waals surface area contributed by atoms with E-state index in [9.17, 15) is 18.0 Å². The Hall–Kier alpha value is -3.30. The lowest BCUT2D eigenvalue weighted by Gasteiger charge is -2.21. The Labute approximate surface area is 139 Å². The van der Waals surface area contributed by atoms with E-state index >= 15 is 0 Å². The molecule has 0 bridgehead atoms. The molecule has 0 radical (unpaired) electrons. The van der Waals surface area contributed by atoms with Crippen molar-refractivity contribution in [2.45, 2.75) is 12.2 Å². The summed E-state index contributed by atoms with van der Waals surface area (Å²) in [7, 11) is 0. The van der Waals surface area contributed by atoms with Crippen molar-refractivity contribution in [2.24, 2.45) is 0 Å². The molecule has 0 saturated heterocycles. The zero-order chi connectivity index (χ0) is 17.9. The SMILES string of the molecule is O=C(N[C@H](c1ccccn1)C(F)(F)F)c1cccc(-n2cnnc2)n1. The molecule has 0 saturated carbocycles. The number of amides is 1. The number of aromatic nitrogens is 5. The highest BCUT2D eigenvalue weighted by Crippen LogP contribution is 2.31. The summed E-state index contributed by atoms with van der Waals surface area (Å²) in [6.07, 6.45) is -0.756. The van der Waals surface area contributed by atoms with Crippen molar-refractivity contribution in [3.8, 4) is 5.82 Å². The summed E-state index contributed by atoms with van der Waals surface area (Å²) in [5.41, 5.74) is -0.477. The van der Waals surface area contributed by atoms with Gasteiger partial charge in [-0.1, -0.05) is 12.1 Å². The number of halogens is 3. The number of hydrogen-bond donors (Lipinski definition) is 1. The number of nitrogens with zero attached hydrogens (tertiary/aromatic N) is 5. The highest BCUT2D eigenvalue weighted by Gasteiger charge is 2.43. The molecule has 3 heterocycles. The number of alkyl halides is 3. The minimum absolute atomic E-state index is 0.170. The van der Waals surface area contributed by atoms with E-state index in [4.69, 9.17) is 0 Å². The Bertz CT molecular complexity index is 851. The largest absolute Gasteiger partial charge is 0.414 e. The van der Waals surface area contributed by atoms with Gasteiger partial charge in [0.2, 0.25) is 0 Å². The van der Waals surface area contributed by atoms with Crippen LogP contribution in [0.1, 0.15) is 22.2 Å². The molecule has 0 unspecified atom stereocenters. The lowest BCUT2D eigenvalue weighted by Crippen LogP contribution is -2.39. The average Bonchev–Trinajstić information content (AvgIpc) is 3.14. The number of carbonyl (C=O) groups excluding carboxylic acids is 1. The van der Waals surface area contributed by atoms with E-state index in [1.165, 1.54) is 53.8 Å². The van der Waals surface area contributed by atoms with Gasteiger partial charge in [-0.15, -0.1) is 10.2 Å². The van der Waals surface area contributed by atoms with E-state index in [0.717, 1.165) is 0 Å². The van der Waals surface area contributed by atoms with Crippen LogP contribution in [-0.4, -0.2) is 36.8 Å². The average molecular weight is 348 g/mol. The van der Waals surface area contributed by atoms with E-state index in [1.54, 1.807) is 6.07 Å². The first-order valence-corrected chi connectivity index (χ1v) is 7.06. The van der Waals surface area contributed by atoms with Crippen LogP contribution in [0.3, 0.4) is 0 Å². The highest BCUT2D eigenvalue weighted by molar-refractivity contribution is 5.92. The Morgan fingerprint density at radius 1 is 1.08 bits per heavy atom. The summed E-state index contributed by atoms with van der Waals surface area (Å²) in [6, 6.07) is 6.25. The first-order chi connectivity index (χ1) is 11.9. The molecule has 0 fully saturated rings. The maximum atomic E-state index is 13.3. The molecule has 10 heteroatoms. The molecule has 0 aliphatic carbocycles. The third-order valence-electron chi connectivity index (χ3n) is 3.24. The molecular formula is C15H11F3N6O. The molecule has 1 amide bonds. The molecule has 3 rings (SSSR count). The van der Waals surface area contributed by atoms with Crippen LogP contribution < -0.4 is 5.32 Å². The van der Waals surface area contributed by atoms with Crippen molar-refractivity contribution in [3.63, 3.8) is 0 Å². The first-order valence-electron chi connectivity index (χ1n) is 7.06. The van der Waals surface area contributed by atoms with Gasteiger partial charge < -0.3 is 5.32 Å². The van der Waals surface area contributed by atoms with Gasteiger partial charge in [0.1, 0.15) is 24.2 Å². The minimum atomic E-state index is -4.70. The molecule has 0 aliphatic rings. The fourth-order valence-corrected chi connectivity index (χ4v) is 2.09. The summed E-state index contributed by atoms with van der Waals surface area (Å²) in [5.74, 6) is -0.665. The molecule has 0 aliphatic heterocycles. The number of nitrogens with one attached hydrogen (secondary N) is 1. The van der Waals surface area contributed by atoms with Gasteiger partial charge in [0.05, 0.1) is 5.69 Å². The maximum absolute atomic E-state index is 13.3. The van der Waals surface area contributed by atoms with Crippen LogP contribution in [0.5, 0.6) is 0 Å². The molecule has 0 aromatic carbocycles. The van der Waals surface area contributed by atoms with Gasteiger partial charge in [0.15, 0.2) is 6.04 Å². The van der Waals surface area contributed by atoms with Crippen LogP contribution >= 0.6 is 0 Å². The van der Waals surface area contributed by atoms with Gasteiger partial charge in [-0.25, -0.2) is 4.98 Å². The van der Waals surface area contributed by atoms with Crippen LogP contribution in [0.2, 0.25) is 0 Å². The molecule has 3 aromatic heterocycles. The van der Waals surface area contributed by atoms with Crippen LogP contribution in [0.4, 0.5) is 13.2 Å². The monoisotopic (exact) mass is 348 g/mol. The number of pyridine rings is 2. The summed E-state index contributed by atoms with van der Waals surface area (Å²) < 4.78 is 41.3. The molecule has 7 nitrogen and oxygen atoms in total. The standard InChI is InChI=1S/C15H11F3N6O/c16-15(17,18)13(10-4-1-2-7-19-10)23-14(25)11-5-3-6-12(22-11)24-8-20-21-9-24/h1-9,13H,(H,23,25)/t13-/m1/s1. The quantitative estimate of drug-likeness (QED) is 0.780. The fraction of sp³-hybridized carbons (Fsp3) is 0.133. The minimum Gasteiger partial charge on any atom is -0.334 e. The van der Waals surface area contributed by atoms with Crippen LogP contribution in [0.25, 0.3) is 5.82 Å². The fourth-order valence-electron chi connectivity index (χ4n) is 2.09. The second-order valence-electron chi connectivity index (χ2n) is 4.95. The van der Waals surface area contributed by atoms with E-state index < -0.39 is 18.1 Å². The van der Waals surface area contributed by atoms with Crippen molar-refractivity contribution in [3.05, 3.63) is 66.6 Å². The predicted octanol–water partition coefficient (Wildman–Crippen LogP) is 2.09. The summed E-state index contributed by atoms with van der Waals surface area (Å²) >= 11 is 0. The Morgan fingerprint density at radius 2 is 1.84 bits per heavy atom. The van der Waals surface area contributed by atoms with Crippen molar-refractivity contribution >= 4 is 5.91 Å². The third kappa shape index (κ3) is 3.79. The summed E-state index contributed by atoms with van der Waals surface area (Å²) in [4.78, 5) is 20.0. The number of rotatable bonds is 4. The maximum Gasteiger partial charge on any atom is 0.414 e. The van der Waals surface area contributed by atoms with E-state index in [0.29, 0.717) is 5.82 Å². The Morgan fingerprint density at radius 3 is 2.48 bits per heavy atom. The van der Waals surface area contributed by atoms with Gasteiger partial charge in [-0.05, 0) is 24.3 Å². The van der Waals surface area contributed by atoms with Gasteiger partial charge in [0.25, 0.3) is 5.91 Å². The van der Waals surface area contributed by atoms with E-state index in [1.807, 2.05) is 5.32 Å². The summed E-state index contributed by atoms with van der Waals surface area (Å²) in [6.45, 7) is 0. The van der Waals surface area contributed by atoms with Crippen LogP contribution in [-0.2, 0) is 0 Å². The predicted molar refractivity (Wildman–Crippen MR) is 79.7 cm³/mol. The molecule has 25 heavy (non-hydrogen) atoms. The highest BCUT2D eigenvalue weighted by atomic mass is 19.4. The Balaban J connectivity index is 1.86. The van der Waals surface area contributed by atoms with E-state index in [2.05, 4.69) is 20.2 Å². The third-order valence-corrected chi connectivity index (χ3v) is 3.24. The number of hydrogen-bond acceptors (Lipinski definition) is 5. The second kappa shape index (κ2) is 6.67. The van der Waals surface area contributed by atoms with Crippen molar-refractivity contribution in [2.75, 3.05) is 0 Å². The molecule has 128 valence electrons. The first kappa shape index (κ1) is 16.6. The number of carbonyl (C=O) groups is 1. The lowest BCUT2D eigenvalue weighted by atomic mass is 10.1. The van der Waals surface area contributed by atoms with Gasteiger partial charge in [-0.3, -0.25) is 14.3 Å². The van der Waals surface area contributed by atoms with Crippen molar-refractivity contribution in [1.29, 1.82) is 0 Å². The van der Waals surface area contributed by atoms with Gasteiger partial charge in [-0.2, -0.15) is 13.2 Å². The molecule has 1 atom stereocenters. The molecule has 1 N–H and O–H groups in total. The molecule has 3 aromatic rings. The van der Waals surface area contributed by atoms with Gasteiger partial charge in [0, 0.05) is 6.20 Å². The smallest absolute Gasteiger partial charge is 0.334 e. The normalized spacial score (nSPS) is 12.6. The zero-order valence-corrected chi connectivity index (χ0v) is 12.6. The zero-order valence-electron chi connectivity index (χ0n) is 12.6. The topological polar surface area (TPSA) is 85.6 Å². The van der Waals surface area contributed by atoms with Crippen LogP contribution in [0.15, 0.2) is 55.2 Å². The Kier molecular flexibility index (Phi) is 4.42. The van der Waals surface area contributed by atoms with Crippen molar-refractivity contribution < 1.29 is 18.0 Å². The van der Waals surface area contributed by atoms with Crippen LogP contribution in [0, 0.1) is 0 Å². The molecule has 0 spiro atoms. The van der Waals surface area contributed by atoms with E-state index in [-0.39, 0.29) is 11.4 Å². The lowest BCUT2D eigenvalue weighted by molar-refractivity contribution is -0.156. The second-order valence-corrected chi connectivity index (χ2v) is 4.95. The molecular weight excluding hydrogens is 337 g/mol. The van der Waals surface area contributed by atoms with Crippen molar-refractivity contribution in [1.82, 2.24) is 30.0 Å². The summed E-state index contributed by atoms with van der Waals surface area (Å²) in [5, 5.41) is 9.15.